The van der Waals surface area contributed by atoms with Crippen molar-refractivity contribution >= 4 is 45.8 Å². The second-order valence-electron chi connectivity index (χ2n) is 16.5. The Bertz CT molecular complexity index is 2590. The number of benzene rings is 5. The molecule has 2 atom stereocenters. The number of hydrogen-bond donors (Lipinski definition) is 0. The Morgan fingerprint density at radius 1 is 0.695 bits per heavy atom. The summed E-state index contributed by atoms with van der Waals surface area (Å²) in [6.07, 6.45) is 20.1. The summed E-state index contributed by atoms with van der Waals surface area (Å²) in [7, 11) is 0. The van der Waals surface area contributed by atoms with Gasteiger partial charge in [0.15, 0.2) is 5.78 Å². The van der Waals surface area contributed by atoms with Gasteiger partial charge in [-0.3, -0.25) is 4.79 Å². The summed E-state index contributed by atoms with van der Waals surface area (Å²) >= 11 is 1.30. The minimum Gasteiger partial charge on any atom is -0.338 e. The average Bonchev–Trinajstić information content (AvgIpc) is 3.78. The summed E-state index contributed by atoms with van der Waals surface area (Å²) in [6.45, 7) is 6.55. The second kappa shape index (κ2) is 16.5. The smallest absolute Gasteiger partial charge is 0.193 e. The highest BCUT2D eigenvalue weighted by Crippen LogP contribution is 2.43. The summed E-state index contributed by atoms with van der Waals surface area (Å²) in [5.41, 5.74) is 13.9. The van der Waals surface area contributed by atoms with Gasteiger partial charge in [-0.25, -0.2) is 0 Å². The highest BCUT2D eigenvalue weighted by molar-refractivity contribution is 6.99. The Morgan fingerprint density at radius 2 is 1.32 bits per heavy atom. The monoisotopic (exact) mass is 788 g/mol. The Labute approximate surface area is 352 Å². The third kappa shape index (κ3) is 7.93. The van der Waals surface area contributed by atoms with Crippen molar-refractivity contribution < 1.29 is 4.79 Å². The first-order valence-electron chi connectivity index (χ1n) is 20.6. The van der Waals surface area contributed by atoms with Crippen molar-refractivity contribution in [3.8, 4) is 0 Å². The Balaban J connectivity index is 0.936. The molecule has 0 saturated heterocycles. The lowest BCUT2D eigenvalue weighted by atomic mass is 9.81. The lowest BCUT2D eigenvalue weighted by Gasteiger charge is -2.36. The van der Waals surface area contributed by atoms with Gasteiger partial charge in [-0.2, -0.15) is 8.75 Å². The topological polar surface area (TPSA) is 49.3 Å². The number of rotatable bonds is 10. The zero-order chi connectivity index (χ0) is 40.3. The number of hydrogen-bond acceptors (Lipinski definition) is 6. The van der Waals surface area contributed by atoms with Crippen molar-refractivity contribution in [2.24, 2.45) is 0 Å². The molecule has 6 aromatic rings. The van der Waals surface area contributed by atoms with Crippen LogP contribution in [0.15, 0.2) is 187 Å². The maximum atomic E-state index is 13.5. The summed E-state index contributed by atoms with van der Waals surface area (Å²) in [5, 5.41) is 0. The van der Waals surface area contributed by atoms with Crippen molar-refractivity contribution in [3.63, 3.8) is 0 Å². The molecule has 5 aromatic carbocycles. The van der Waals surface area contributed by atoms with E-state index in [0.717, 1.165) is 65.3 Å². The lowest BCUT2D eigenvalue weighted by molar-refractivity contribution is 0.103. The van der Waals surface area contributed by atoms with Crippen LogP contribution in [0.2, 0.25) is 0 Å². The first kappa shape index (κ1) is 38.2. The number of allylic oxidation sites excluding steroid dienone is 7. The van der Waals surface area contributed by atoms with E-state index < -0.39 is 0 Å². The van der Waals surface area contributed by atoms with Gasteiger partial charge in [0.1, 0.15) is 5.69 Å². The first-order valence-corrected chi connectivity index (χ1v) is 21.4. The highest BCUT2D eigenvalue weighted by atomic mass is 32.1. The highest BCUT2D eigenvalue weighted by Gasteiger charge is 2.31. The number of aromatic nitrogens is 2. The average molecular weight is 789 g/mol. The van der Waals surface area contributed by atoms with E-state index in [1.165, 1.54) is 34.2 Å². The van der Waals surface area contributed by atoms with E-state index in [4.69, 9.17) is 8.75 Å². The largest absolute Gasteiger partial charge is 0.338 e. The fourth-order valence-electron chi connectivity index (χ4n) is 8.49. The zero-order valence-corrected chi connectivity index (χ0v) is 34.6. The van der Waals surface area contributed by atoms with Crippen molar-refractivity contribution in [2.45, 2.75) is 63.8 Å². The number of ketones is 1. The number of anilines is 4. The van der Waals surface area contributed by atoms with E-state index in [-0.39, 0.29) is 23.2 Å². The van der Waals surface area contributed by atoms with Crippen molar-refractivity contribution in [1.82, 2.24) is 8.75 Å². The Morgan fingerprint density at radius 3 is 1.93 bits per heavy atom. The predicted octanol–water partition coefficient (Wildman–Crippen LogP) is 13.5. The zero-order valence-electron chi connectivity index (χ0n) is 33.8. The minimum atomic E-state index is 0.0200. The van der Waals surface area contributed by atoms with Gasteiger partial charge in [-0.05, 0) is 115 Å². The molecule has 0 radical (unpaired) electrons. The molecule has 0 N–H and O–H groups in total. The summed E-state index contributed by atoms with van der Waals surface area (Å²) in [4.78, 5) is 18.2. The molecule has 1 heterocycles. The molecule has 59 heavy (non-hydrogen) atoms. The molecular formula is C53H48N4OS. The normalized spacial score (nSPS) is 17.4. The van der Waals surface area contributed by atoms with E-state index in [9.17, 15) is 4.79 Å². The number of para-hydroxylation sites is 2. The molecule has 0 amide bonds. The summed E-state index contributed by atoms with van der Waals surface area (Å²) in [5.74, 6) is 0.198. The van der Waals surface area contributed by atoms with Crippen molar-refractivity contribution in [2.75, 3.05) is 9.80 Å². The quantitative estimate of drug-likeness (QED) is 0.129. The molecule has 1 aromatic heterocycles. The summed E-state index contributed by atoms with van der Waals surface area (Å²) < 4.78 is 9.76. The number of fused-ring (bicyclic) bond motifs is 1. The predicted molar refractivity (Wildman–Crippen MR) is 245 cm³/mol. The Kier molecular flexibility index (Phi) is 10.7. The number of carbonyl (C=O) groups excluding carboxylic acids is 1. The molecule has 5 nitrogen and oxygen atoms in total. The molecular weight excluding hydrogens is 741 g/mol. The van der Waals surface area contributed by atoms with Crippen LogP contribution in [0.4, 0.5) is 22.7 Å². The fraction of sp³-hybridized carbons (Fsp3) is 0.189. The molecule has 0 aliphatic heterocycles. The molecule has 0 bridgehead atoms. The van der Waals surface area contributed by atoms with Gasteiger partial charge in [0, 0.05) is 51.1 Å². The summed E-state index contributed by atoms with van der Waals surface area (Å²) in [6, 6.07) is 46.1. The molecule has 6 heteroatoms. The van der Waals surface area contributed by atoms with Crippen LogP contribution in [-0.4, -0.2) is 20.6 Å². The fourth-order valence-corrected chi connectivity index (χ4v) is 9.11. The van der Waals surface area contributed by atoms with Crippen LogP contribution in [0.3, 0.4) is 0 Å². The van der Waals surface area contributed by atoms with Gasteiger partial charge >= 0.3 is 0 Å². The molecule has 0 saturated carbocycles. The lowest BCUT2D eigenvalue weighted by Crippen LogP contribution is -2.34. The molecule has 3 aliphatic carbocycles. The molecule has 292 valence electrons. The SMILES string of the molecule is CC(C)(C)c1ccc(C(=O)c2ccc(N(c3ccccc3)c3ccc(C4=CCC(C5=CCC(N(C6=CC=CCC6)c6ccccc6)C=C5)c5nsnc54)cc3)cc2)cc1. The molecule has 9 rings (SSSR count). The number of carbonyl (C=O) groups is 1. The third-order valence-electron chi connectivity index (χ3n) is 11.7. The number of nitrogens with zero attached hydrogens (tertiary/aromatic N) is 4. The van der Waals surface area contributed by atoms with Gasteiger partial charge in [-0.15, -0.1) is 0 Å². The maximum absolute atomic E-state index is 13.5. The van der Waals surface area contributed by atoms with Gasteiger partial charge in [0.25, 0.3) is 0 Å². The van der Waals surface area contributed by atoms with E-state index in [2.05, 4.69) is 164 Å². The Hall–Kier alpha value is -6.37. The van der Waals surface area contributed by atoms with Crippen LogP contribution in [0, 0.1) is 0 Å². The van der Waals surface area contributed by atoms with Crippen LogP contribution >= 0.6 is 11.7 Å². The van der Waals surface area contributed by atoms with Gasteiger partial charge < -0.3 is 9.80 Å². The van der Waals surface area contributed by atoms with E-state index >= 15 is 0 Å². The van der Waals surface area contributed by atoms with Crippen LogP contribution < -0.4 is 9.80 Å². The maximum Gasteiger partial charge on any atom is 0.193 e. The van der Waals surface area contributed by atoms with Crippen LogP contribution in [-0.2, 0) is 5.41 Å². The van der Waals surface area contributed by atoms with E-state index in [1.54, 1.807) is 0 Å². The standard InChI is InChI=1S/C53H48N4OS/c1-53(2,3)41-27-19-39(20-28-41)52(58)40-25-33-47(34-26-40)57(44-17-11-6-12-18-44)46-31-23-38(24-32-46)49-36-35-48(50-51(49)55-59-54-50)37-21-29-45(30-22-37)56(42-13-7-4-8-14-42)43-15-9-5-10-16-43/h4-9,11-15,17-29,31-34,36,45,48H,10,16,30,35H2,1-3H3. The van der Waals surface area contributed by atoms with Gasteiger partial charge in [0.05, 0.1) is 23.5 Å². The van der Waals surface area contributed by atoms with Crippen molar-refractivity contribution in [3.05, 3.63) is 221 Å². The van der Waals surface area contributed by atoms with E-state index in [1.807, 2.05) is 42.5 Å². The van der Waals surface area contributed by atoms with Gasteiger partial charge in [0.2, 0.25) is 0 Å². The first-order chi connectivity index (χ1) is 28.8. The van der Waals surface area contributed by atoms with Crippen LogP contribution in [0.25, 0.3) is 5.57 Å². The second-order valence-corrected chi connectivity index (χ2v) is 17.1. The van der Waals surface area contributed by atoms with Crippen LogP contribution in [0.5, 0.6) is 0 Å². The van der Waals surface area contributed by atoms with Gasteiger partial charge in [-0.1, -0.05) is 130 Å². The van der Waals surface area contributed by atoms with Crippen LogP contribution in [0.1, 0.15) is 90.8 Å². The molecule has 3 aliphatic rings. The molecule has 2 unspecified atom stereocenters. The third-order valence-corrected chi connectivity index (χ3v) is 12.2. The molecule has 0 fully saturated rings. The minimum absolute atomic E-state index is 0.0200. The van der Waals surface area contributed by atoms with Crippen molar-refractivity contribution in [1.29, 1.82) is 0 Å². The molecule has 0 spiro atoms. The van der Waals surface area contributed by atoms with E-state index in [0.29, 0.717) is 11.1 Å².